The van der Waals surface area contributed by atoms with Crippen LogP contribution in [0.2, 0.25) is 5.15 Å². The molecule has 0 unspecified atom stereocenters. The van der Waals surface area contributed by atoms with Crippen molar-refractivity contribution in [3.05, 3.63) is 29.4 Å². The Morgan fingerprint density at radius 3 is 3.06 bits per heavy atom. The van der Waals surface area contributed by atoms with E-state index in [1.807, 2.05) is 18.6 Å². The largest absolute Gasteiger partial charge is 0.347 e. The van der Waals surface area contributed by atoms with Crippen molar-refractivity contribution < 1.29 is 0 Å². The first kappa shape index (κ1) is 11.8. The zero-order valence-electron chi connectivity index (χ0n) is 9.88. The van der Waals surface area contributed by atoms with E-state index in [1.165, 1.54) is 11.8 Å². The van der Waals surface area contributed by atoms with Gasteiger partial charge >= 0.3 is 0 Å². The van der Waals surface area contributed by atoms with Crippen molar-refractivity contribution in [3.8, 4) is 0 Å². The van der Waals surface area contributed by atoms with E-state index in [0.29, 0.717) is 10.3 Å². The Bertz CT molecular complexity index is 570. The molecule has 1 aliphatic heterocycles. The maximum atomic E-state index is 6.02. The maximum Gasteiger partial charge on any atom is 0.190 e. The minimum absolute atomic E-state index is 0.485. The summed E-state index contributed by atoms with van der Waals surface area (Å²) in [7, 11) is 0. The molecule has 3 heterocycles. The standard InChI is InChI=1S/C11H12ClN5S/c1-18-11-14-8(12)6-9(15-11)17-5-4-16-3-2-13-10(16)7-17/h2-3,6H,4-5,7H2,1H3. The van der Waals surface area contributed by atoms with Crippen LogP contribution in [0.3, 0.4) is 0 Å². The zero-order chi connectivity index (χ0) is 12.5. The molecule has 0 bridgehead atoms. The van der Waals surface area contributed by atoms with E-state index in [4.69, 9.17) is 11.6 Å². The van der Waals surface area contributed by atoms with E-state index in [9.17, 15) is 0 Å². The van der Waals surface area contributed by atoms with Crippen LogP contribution in [0.1, 0.15) is 5.82 Å². The maximum absolute atomic E-state index is 6.02. The van der Waals surface area contributed by atoms with Gasteiger partial charge in [0.15, 0.2) is 5.16 Å². The lowest BCUT2D eigenvalue weighted by Crippen LogP contribution is -2.34. The number of nitrogens with zero attached hydrogens (tertiary/aromatic N) is 5. The fourth-order valence-corrected chi connectivity index (χ4v) is 2.61. The van der Waals surface area contributed by atoms with Gasteiger partial charge < -0.3 is 9.47 Å². The first-order valence-electron chi connectivity index (χ1n) is 5.60. The molecule has 2 aromatic heterocycles. The third kappa shape index (κ3) is 2.18. The Morgan fingerprint density at radius 2 is 2.22 bits per heavy atom. The van der Waals surface area contributed by atoms with Crippen molar-refractivity contribution in [2.24, 2.45) is 0 Å². The number of hydrogen-bond donors (Lipinski definition) is 0. The van der Waals surface area contributed by atoms with Crippen LogP contribution in [0, 0.1) is 0 Å². The van der Waals surface area contributed by atoms with Gasteiger partial charge in [0.1, 0.15) is 16.8 Å². The highest BCUT2D eigenvalue weighted by Crippen LogP contribution is 2.23. The third-order valence-electron chi connectivity index (χ3n) is 2.91. The van der Waals surface area contributed by atoms with E-state index in [2.05, 4.69) is 24.4 Å². The molecule has 0 aliphatic carbocycles. The molecule has 0 fully saturated rings. The predicted octanol–water partition coefficient (Wildman–Crippen LogP) is 2.07. The van der Waals surface area contributed by atoms with Crippen molar-refractivity contribution in [1.29, 1.82) is 0 Å². The molecular formula is C11H12ClN5S. The lowest BCUT2D eigenvalue weighted by atomic mass is 10.3. The first-order chi connectivity index (χ1) is 8.76. The number of aromatic nitrogens is 4. The summed E-state index contributed by atoms with van der Waals surface area (Å²) in [5.41, 5.74) is 0. The van der Waals surface area contributed by atoms with Crippen molar-refractivity contribution in [2.45, 2.75) is 18.2 Å². The minimum atomic E-state index is 0.485. The molecule has 0 saturated heterocycles. The van der Waals surface area contributed by atoms with Gasteiger partial charge in [-0.05, 0) is 6.26 Å². The van der Waals surface area contributed by atoms with E-state index in [-0.39, 0.29) is 0 Å². The summed E-state index contributed by atoms with van der Waals surface area (Å²) >= 11 is 7.51. The molecule has 94 valence electrons. The highest BCUT2D eigenvalue weighted by atomic mass is 35.5. The third-order valence-corrected chi connectivity index (χ3v) is 3.65. The average molecular weight is 282 g/mol. The Kier molecular flexibility index (Phi) is 3.13. The molecule has 5 nitrogen and oxygen atoms in total. The Balaban J connectivity index is 1.90. The zero-order valence-corrected chi connectivity index (χ0v) is 11.4. The van der Waals surface area contributed by atoms with Gasteiger partial charge in [-0.1, -0.05) is 23.4 Å². The molecule has 0 radical (unpaired) electrons. The molecule has 18 heavy (non-hydrogen) atoms. The predicted molar refractivity (Wildman–Crippen MR) is 72.1 cm³/mol. The summed E-state index contributed by atoms with van der Waals surface area (Å²) in [6, 6.07) is 1.81. The Morgan fingerprint density at radius 1 is 1.33 bits per heavy atom. The summed E-state index contributed by atoms with van der Waals surface area (Å²) < 4.78 is 2.16. The van der Waals surface area contributed by atoms with Gasteiger partial charge in [-0.25, -0.2) is 15.0 Å². The SMILES string of the molecule is CSc1nc(Cl)cc(N2CCn3ccnc3C2)n1. The van der Waals surface area contributed by atoms with Gasteiger partial charge in [0.25, 0.3) is 0 Å². The lowest BCUT2D eigenvalue weighted by molar-refractivity contribution is 0.554. The second kappa shape index (κ2) is 4.78. The number of imidazole rings is 1. The van der Waals surface area contributed by atoms with Gasteiger partial charge in [-0.2, -0.15) is 0 Å². The van der Waals surface area contributed by atoms with Gasteiger partial charge in [0.2, 0.25) is 0 Å². The molecule has 0 atom stereocenters. The molecule has 0 amide bonds. The summed E-state index contributed by atoms with van der Waals surface area (Å²) in [5, 5.41) is 1.18. The number of hydrogen-bond acceptors (Lipinski definition) is 5. The van der Waals surface area contributed by atoms with Gasteiger partial charge in [-0.15, -0.1) is 0 Å². The van der Waals surface area contributed by atoms with Crippen LogP contribution >= 0.6 is 23.4 Å². The normalized spacial score (nSPS) is 14.7. The number of fused-ring (bicyclic) bond motifs is 1. The second-order valence-electron chi connectivity index (χ2n) is 3.99. The lowest BCUT2D eigenvalue weighted by Gasteiger charge is -2.28. The number of rotatable bonds is 2. The molecule has 0 N–H and O–H groups in total. The molecule has 2 aromatic rings. The van der Waals surface area contributed by atoms with Crippen LogP contribution in [0.5, 0.6) is 0 Å². The smallest absolute Gasteiger partial charge is 0.190 e. The van der Waals surface area contributed by atoms with Crippen LogP contribution in [-0.2, 0) is 13.1 Å². The van der Waals surface area contributed by atoms with Crippen molar-refractivity contribution >= 4 is 29.2 Å². The van der Waals surface area contributed by atoms with E-state index < -0.39 is 0 Å². The molecule has 7 heteroatoms. The number of thioether (sulfide) groups is 1. The summed E-state index contributed by atoms with van der Waals surface area (Å²) in [5.74, 6) is 1.93. The molecule has 3 rings (SSSR count). The highest BCUT2D eigenvalue weighted by molar-refractivity contribution is 7.98. The van der Waals surface area contributed by atoms with Gasteiger partial charge in [0.05, 0.1) is 6.54 Å². The fraction of sp³-hybridized carbons (Fsp3) is 0.364. The summed E-state index contributed by atoms with van der Waals surface area (Å²) in [4.78, 5) is 15.2. The van der Waals surface area contributed by atoms with Crippen LogP contribution < -0.4 is 4.90 Å². The number of halogens is 1. The molecule has 0 spiro atoms. The topological polar surface area (TPSA) is 46.8 Å². The number of anilines is 1. The fourth-order valence-electron chi connectivity index (χ4n) is 2.01. The van der Waals surface area contributed by atoms with Crippen molar-refractivity contribution in [1.82, 2.24) is 19.5 Å². The monoisotopic (exact) mass is 281 g/mol. The molecule has 0 aromatic carbocycles. The summed E-state index contributed by atoms with van der Waals surface area (Å²) in [6.45, 7) is 2.59. The quantitative estimate of drug-likeness (QED) is 0.479. The molecule has 1 aliphatic rings. The first-order valence-corrected chi connectivity index (χ1v) is 7.20. The molecule has 0 saturated carbocycles. The summed E-state index contributed by atoms with van der Waals surface area (Å²) in [6.07, 6.45) is 5.78. The van der Waals surface area contributed by atoms with E-state index >= 15 is 0 Å². The van der Waals surface area contributed by atoms with Gasteiger partial charge in [0, 0.05) is 31.5 Å². The Labute approximate surface area is 114 Å². The van der Waals surface area contributed by atoms with Crippen molar-refractivity contribution in [3.63, 3.8) is 0 Å². The van der Waals surface area contributed by atoms with Crippen LogP contribution in [-0.4, -0.2) is 32.3 Å². The van der Waals surface area contributed by atoms with Crippen LogP contribution in [0.25, 0.3) is 0 Å². The Hall–Kier alpha value is -1.27. The van der Waals surface area contributed by atoms with E-state index in [1.54, 1.807) is 6.07 Å². The van der Waals surface area contributed by atoms with Crippen molar-refractivity contribution in [2.75, 3.05) is 17.7 Å². The van der Waals surface area contributed by atoms with E-state index in [0.717, 1.165) is 31.3 Å². The highest BCUT2D eigenvalue weighted by Gasteiger charge is 2.18. The molecular weight excluding hydrogens is 270 g/mol. The van der Waals surface area contributed by atoms with Crippen LogP contribution in [0.4, 0.5) is 5.82 Å². The minimum Gasteiger partial charge on any atom is -0.347 e. The van der Waals surface area contributed by atoms with Gasteiger partial charge in [-0.3, -0.25) is 0 Å². The van der Waals surface area contributed by atoms with Crippen LogP contribution in [0.15, 0.2) is 23.6 Å². The average Bonchev–Trinajstić information content (AvgIpc) is 2.85. The second-order valence-corrected chi connectivity index (χ2v) is 5.15.